The number of nitrogens with one attached hydrogen (secondary N) is 1. The summed E-state index contributed by atoms with van der Waals surface area (Å²) in [5, 5.41) is 4.30. The Morgan fingerprint density at radius 1 is 1.16 bits per heavy atom. The van der Waals surface area contributed by atoms with Gasteiger partial charge < -0.3 is 9.88 Å². The van der Waals surface area contributed by atoms with Crippen LogP contribution in [0.4, 0.5) is 0 Å². The number of para-hydroxylation sites is 1. The molecule has 0 spiro atoms. The van der Waals surface area contributed by atoms with Gasteiger partial charge in [-0.3, -0.25) is 4.79 Å². The van der Waals surface area contributed by atoms with E-state index in [1.807, 2.05) is 56.5 Å². The molecule has 1 aliphatic rings. The molecular formula is C15H21ClN2O. The molecule has 0 unspecified atom stereocenters. The molecule has 0 saturated carbocycles. The molecule has 0 radical (unpaired) electrons. The number of hydrogen-bond acceptors (Lipinski definition) is 1. The Morgan fingerprint density at radius 2 is 1.79 bits per heavy atom. The van der Waals surface area contributed by atoms with Crippen molar-refractivity contribution in [1.29, 1.82) is 0 Å². The molecule has 2 heterocycles. The van der Waals surface area contributed by atoms with E-state index in [1.165, 1.54) is 0 Å². The second-order valence-corrected chi connectivity index (χ2v) is 3.97. The van der Waals surface area contributed by atoms with Gasteiger partial charge in [-0.2, -0.15) is 0 Å². The maximum Gasteiger partial charge on any atom is 0.269 e. The molecule has 0 saturated heterocycles. The van der Waals surface area contributed by atoms with Crippen molar-refractivity contribution < 1.29 is 4.79 Å². The van der Waals surface area contributed by atoms with Gasteiger partial charge in [0.25, 0.3) is 5.91 Å². The van der Waals surface area contributed by atoms with E-state index < -0.39 is 0 Å². The fourth-order valence-corrected chi connectivity index (χ4v) is 2.43. The first-order chi connectivity index (χ1) is 9.29. The lowest BCUT2D eigenvalue weighted by atomic mass is 10.2. The molecule has 1 aliphatic heterocycles. The van der Waals surface area contributed by atoms with Crippen LogP contribution in [0.3, 0.4) is 0 Å². The van der Waals surface area contributed by atoms with E-state index in [1.54, 1.807) is 0 Å². The standard InChI is InChI=1S/C11H9ClN2O.2C2H6/c12-9-7-3-1-2-4-8(7)14-6-5-13-11(15)10(9)14;2*1-2/h1-4H,5-6H2,(H,13,15);2*1-2H3. The van der Waals surface area contributed by atoms with Crippen molar-refractivity contribution in [2.45, 2.75) is 34.2 Å². The summed E-state index contributed by atoms with van der Waals surface area (Å²) >= 11 is 6.19. The number of fused-ring (bicyclic) bond motifs is 3. The third-order valence-corrected chi connectivity index (χ3v) is 3.13. The van der Waals surface area contributed by atoms with Crippen molar-refractivity contribution in [3.05, 3.63) is 35.0 Å². The van der Waals surface area contributed by atoms with Crippen LogP contribution in [0.25, 0.3) is 10.9 Å². The lowest BCUT2D eigenvalue weighted by Crippen LogP contribution is -2.35. The van der Waals surface area contributed by atoms with Gasteiger partial charge in [-0.15, -0.1) is 0 Å². The van der Waals surface area contributed by atoms with Crippen molar-refractivity contribution >= 4 is 28.4 Å². The lowest BCUT2D eigenvalue weighted by Gasteiger charge is -2.16. The van der Waals surface area contributed by atoms with Gasteiger partial charge in [0.05, 0.1) is 10.5 Å². The number of hydrogen-bond donors (Lipinski definition) is 1. The van der Waals surface area contributed by atoms with Crippen molar-refractivity contribution in [3.63, 3.8) is 0 Å². The number of amides is 1. The van der Waals surface area contributed by atoms with Crippen LogP contribution in [-0.4, -0.2) is 17.0 Å². The first-order valence-corrected chi connectivity index (χ1v) is 7.22. The molecule has 1 aromatic carbocycles. The smallest absolute Gasteiger partial charge is 0.269 e. The molecule has 1 aromatic heterocycles. The van der Waals surface area contributed by atoms with Crippen LogP contribution in [0.2, 0.25) is 5.02 Å². The zero-order chi connectivity index (χ0) is 14.4. The van der Waals surface area contributed by atoms with Crippen LogP contribution < -0.4 is 5.32 Å². The minimum atomic E-state index is -0.0811. The predicted molar refractivity (Wildman–Crippen MR) is 82.0 cm³/mol. The minimum Gasteiger partial charge on any atom is -0.349 e. The van der Waals surface area contributed by atoms with Crippen LogP contribution in [0, 0.1) is 0 Å². The number of nitrogens with zero attached hydrogens (tertiary/aromatic N) is 1. The van der Waals surface area contributed by atoms with Crippen LogP contribution >= 0.6 is 11.6 Å². The van der Waals surface area contributed by atoms with E-state index in [0.29, 0.717) is 17.3 Å². The first-order valence-electron chi connectivity index (χ1n) is 6.84. The summed E-state index contributed by atoms with van der Waals surface area (Å²) in [6.07, 6.45) is 0. The molecule has 0 fully saturated rings. The monoisotopic (exact) mass is 280 g/mol. The van der Waals surface area contributed by atoms with Gasteiger partial charge >= 0.3 is 0 Å². The molecule has 0 aliphatic carbocycles. The van der Waals surface area contributed by atoms with Gasteiger partial charge in [0.15, 0.2) is 0 Å². The highest BCUT2D eigenvalue weighted by molar-refractivity contribution is 6.38. The van der Waals surface area contributed by atoms with E-state index in [2.05, 4.69) is 5.32 Å². The Balaban J connectivity index is 0.000000415. The molecule has 1 amide bonds. The number of carbonyl (C=O) groups is 1. The van der Waals surface area contributed by atoms with Crippen LogP contribution in [-0.2, 0) is 6.54 Å². The minimum absolute atomic E-state index is 0.0811. The highest BCUT2D eigenvalue weighted by Gasteiger charge is 2.23. The maximum absolute atomic E-state index is 11.7. The predicted octanol–water partition coefficient (Wildman–Crippen LogP) is 4.09. The largest absolute Gasteiger partial charge is 0.349 e. The Hall–Kier alpha value is -1.48. The second kappa shape index (κ2) is 7.19. The molecule has 104 valence electrons. The van der Waals surface area contributed by atoms with E-state index in [0.717, 1.165) is 17.4 Å². The molecule has 0 atom stereocenters. The molecule has 3 nitrogen and oxygen atoms in total. The van der Waals surface area contributed by atoms with Crippen LogP contribution in [0.1, 0.15) is 38.2 Å². The average Bonchev–Trinajstić information content (AvgIpc) is 2.79. The normalized spacial score (nSPS) is 12.6. The van der Waals surface area contributed by atoms with Crippen molar-refractivity contribution in [2.24, 2.45) is 0 Å². The fraction of sp³-hybridized carbons (Fsp3) is 0.400. The molecule has 1 N–H and O–H groups in total. The first kappa shape index (κ1) is 15.6. The Morgan fingerprint density at radius 3 is 2.47 bits per heavy atom. The molecular weight excluding hydrogens is 260 g/mol. The van der Waals surface area contributed by atoms with E-state index in [-0.39, 0.29) is 5.91 Å². The number of aromatic nitrogens is 1. The van der Waals surface area contributed by atoms with Crippen LogP contribution in [0.15, 0.2) is 24.3 Å². The van der Waals surface area contributed by atoms with Gasteiger partial charge in [0, 0.05) is 18.5 Å². The summed E-state index contributed by atoms with van der Waals surface area (Å²) in [5.41, 5.74) is 1.62. The molecule has 2 aromatic rings. The van der Waals surface area contributed by atoms with E-state index in [9.17, 15) is 4.79 Å². The summed E-state index contributed by atoms with van der Waals surface area (Å²) in [5.74, 6) is -0.0811. The number of rotatable bonds is 0. The zero-order valence-corrected chi connectivity index (χ0v) is 12.7. The Kier molecular flexibility index (Phi) is 5.90. The zero-order valence-electron chi connectivity index (χ0n) is 12.0. The van der Waals surface area contributed by atoms with Crippen molar-refractivity contribution in [1.82, 2.24) is 9.88 Å². The molecule has 3 rings (SSSR count). The van der Waals surface area contributed by atoms with E-state index in [4.69, 9.17) is 11.6 Å². The van der Waals surface area contributed by atoms with Gasteiger partial charge in [-0.05, 0) is 6.07 Å². The molecule has 19 heavy (non-hydrogen) atoms. The number of benzene rings is 1. The summed E-state index contributed by atoms with van der Waals surface area (Å²) in [6, 6.07) is 7.82. The molecule has 0 bridgehead atoms. The van der Waals surface area contributed by atoms with Crippen molar-refractivity contribution in [2.75, 3.05) is 6.54 Å². The Bertz CT molecular complexity index is 561. The second-order valence-electron chi connectivity index (χ2n) is 3.59. The van der Waals surface area contributed by atoms with Crippen molar-refractivity contribution in [3.8, 4) is 0 Å². The fourth-order valence-electron chi connectivity index (χ4n) is 2.08. The Labute approximate surface area is 119 Å². The SMILES string of the molecule is CC.CC.O=C1NCCn2c1c(Cl)c1ccccc12. The average molecular weight is 281 g/mol. The highest BCUT2D eigenvalue weighted by atomic mass is 35.5. The van der Waals surface area contributed by atoms with Gasteiger partial charge in [0.1, 0.15) is 5.69 Å². The van der Waals surface area contributed by atoms with Gasteiger partial charge in [-0.1, -0.05) is 57.5 Å². The summed E-state index contributed by atoms with van der Waals surface area (Å²) in [7, 11) is 0. The molecule has 4 heteroatoms. The number of carbonyl (C=O) groups excluding carboxylic acids is 1. The summed E-state index contributed by atoms with van der Waals surface area (Å²) < 4.78 is 1.98. The summed E-state index contributed by atoms with van der Waals surface area (Å²) in [6.45, 7) is 9.45. The van der Waals surface area contributed by atoms with Crippen LogP contribution in [0.5, 0.6) is 0 Å². The van der Waals surface area contributed by atoms with E-state index >= 15 is 0 Å². The van der Waals surface area contributed by atoms with Gasteiger partial charge in [-0.25, -0.2) is 0 Å². The third-order valence-electron chi connectivity index (χ3n) is 2.75. The lowest BCUT2D eigenvalue weighted by molar-refractivity contribution is 0.0929. The third kappa shape index (κ3) is 2.76. The van der Waals surface area contributed by atoms with Gasteiger partial charge in [0.2, 0.25) is 0 Å². The highest BCUT2D eigenvalue weighted by Crippen LogP contribution is 2.31. The summed E-state index contributed by atoms with van der Waals surface area (Å²) in [4.78, 5) is 11.7. The number of halogens is 1. The quantitative estimate of drug-likeness (QED) is 0.775. The topological polar surface area (TPSA) is 34.0 Å². The maximum atomic E-state index is 11.7.